The molecule has 1 aliphatic rings. The average molecular weight is 236 g/mol. The van der Waals surface area contributed by atoms with Gasteiger partial charge in [-0.05, 0) is 12.3 Å². The van der Waals surface area contributed by atoms with Gasteiger partial charge in [-0.25, -0.2) is 0 Å². The van der Waals surface area contributed by atoms with Gasteiger partial charge in [0.05, 0.1) is 0 Å². The SMILES string of the molecule is CC(C)[C@H]1/C=C/C(=O)NCC/C=C/CC(=O)N1. The molecule has 94 valence electrons. The second-order valence-corrected chi connectivity index (χ2v) is 4.45. The van der Waals surface area contributed by atoms with Crippen molar-refractivity contribution in [2.75, 3.05) is 6.54 Å². The molecule has 0 saturated carbocycles. The minimum Gasteiger partial charge on any atom is -0.352 e. The van der Waals surface area contributed by atoms with E-state index in [2.05, 4.69) is 10.6 Å². The second-order valence-electron chi connectivity index (χ2n) is 4.45. The van der Waals surface area contributed by atoms with E-state index in [1.54, 1.807) is 6.08 Å². The highest BCUT2D eigenvalue weighted by molar-refractivity contribution is 5.87. The zero-order chi connectivity index (χ0) is 12.7. The zero-order valence-corrected chi connectivity index (χ0v) is 10.4. The van der Waals surface area contributed by atoms with Gasteiger partial charge in [-0.15, -0.1) is 0 Å². The lowest BCUT2D eigenvalue weighted by atomic mass is 10.0. The first-order valence-corrected chi connectivity index (χ1v) is 6.00. The van der Waals surface area contributed by atoms with Gasteiger partial charge in [0.25, 0.3) is 0 Å². The fraction of sp³-hybridized carbons (Fsp3) is 0.538. The van der Waals surface area contributed by atoms with E-state index in [4.69, 9.17) is 0 Å². The van der Waals surface area contributed by atoms with E-state index in [0.717, 1.165) is 6.42 Å². The summed E-state index contributed by atoms with van der Waals surface area (Å²) in [5.41, 5.74) is 0. The molecule has 2 N–H and O–H groups in total. The molecule has 1 rings (SSSR count). The smallest absolute Gasteiger partial charge is 0.243 e. The maximum Gasteiger partial charge on any atom is 0.243 e. The van der Waals surface area contributed by atoms with E-state index in [9.17, 15) is 9.59 Å². The van der Waals surface area contributed by atoms with Gasteiger partial charge in [-0.1, -0.05) is 32.1 Å². The summed E-state index contributed by atoms with van der Waals surface area (Å²) < 4.78 is 0. The molecular weight excluding hydrogens is 216 g/mol. The summed E-state index contributed by atoms with van der Waals surface area (Å²) in [7, 11) is 0. The normalized spacial score (nSPS) is 26.4. The summed E-state index contributed by atoms with van der Waals surface area (Å²) in [4.78, 5) is 23.0. The maximum absolute atomic E-state index is 11.6. The van der Waals surface area contributed by atoms with Crippen LogP contribution in [0.1, 0.15) is 26.7 Å². The molecule has 0 radical (unpaired) electrons. The molecule has 0 fully saturated rings. The van der Waals surface area contributed by atoms with Crippen LogP contribution in [0, 0.1) is 5.92 Å². The minimum atomic E-state index is -0.112. The summed E-state index contributed by atoms with van der Waals surface area (Å²) in [5.74, 6) is 0.138. The van der Waals surface area contributed by atoms with Crippen LogP contribution < -0.4 is 10.6 Å². The predicted octanol–water partition coefficient (Wildman–Crippen LogP) is 1.15. The number of amides is 2. The largest absolute Gasteiger partial charge is 0.352 e. The topological polar surface area (TPSA) is 58.2 Å². The molecule has 0 aromatic heterocycles. The Labute approximate surface area is 102 Å². The van der Waals surface area contributed by atoms with Crippen LogP contribution in [0.5, 0.6) is 0 Å². The lowest BCUT2D eigenvalue weighted by molar-refractivity contribution is -0.121. The van der Waals surface area contributed by atoms with Crippen LogP contribution in [0.15, 0.2) is 24.3 Å². The van der Waals surface area contributed by atoms with Gasteiger partial charge in [-0.2, -0.15) is 0 Å². The third-order valence-electron chi connectivity index (χ3n) is 2.58. The van der Waals surface area contributed by atoms with Crippen LogP contribution in [-0.2, 0) is 9.59 Å². The first kappa shape index (κ1) is 13.5. The Morgan fingerprint density at radius 2 is 2.06 bits per heavy atom. The second kappa shape index (κ2) is 6.89. The molecule has 1 aliphatic heterocycles. The predicted molar refractivity (Wildman–Crippen MR) is 67.3 cm³/mol. The van der Waals surface area contributed by atoms with Gasteiger partial charge in [0.1, 0.15) is 0 Å². The molecule has 2 amide bonds. The first-order valence-electron chi connectivity index (χ1n) is 6.00. The summed E-state index contributed by atoms with van der Waals surface area (Å²) in [6.07, 6.45) is 8.14. The van der Waals surface area contributed by atoms with Crippen molar-refractivity contribution >= 4 is 11.8 Å². The molecule has 0 spiro atoms. The Bertz CT molecular complexity index is 332. The van der Waals surface area contributed by atoms with Gasteiger partial charge in [-0.3, -0.25) is 9.59 Å². The molecule has 17 heavy (non-hydrogen) atoms. The Kier molecular flexibility index (Phi) is 5.46. The van der Waals surface area contributed by atoms with E-state index in [0.29, 0.717) is 13.0 Å². The third-order valence-corrected chi connectivity index (χ3v) is 2.58. The zero-order valence-electron chi connectivity index (χ0n) is 10.4. The molecule has 1 heterocycles. The van der Waals surface area contributed by atoms with Gasteiger partial charge >= 0.3 is 0 Å². The molecule has 1 atom stereocenters. The van der Waals surface area contributed by atoms with Gasteiger partial charge in [0.15, 0.2) is 0 Å². The Balaban J connectivity index is 2.72. The number of rotatable bonds is 1. The van der Waals surface area contributed by atoms with Crippen LogP contribution >= 0.6 is 0 Å². The molecule has 0 unspecified atom stereocenters. The monoisotopic (exact) mass is 236 g/mol. The number of hydrogen-bond donors (Lipinski definition) is 2. The molecule has 0 aliphatic carbocycles. The van der Waals surface area contributed by atoms with E-state index in [1.165, 1.54) is 6.08 Å². The van der Waals surface area contributed by atoms with Crippen molar-refractivity contribution in [1.29, 1.82) is 0 Å². The van der Waals surface area contributed by atoms with Crippen molar-refractivity contribution < 1.29 is 9.59 Å². The number of nitrogens with one attached hydrogen (secondary N) is 2. The van der Waals surface area contributed by atoms with Crippen molar-refractivity contribution in [3.8, 4) is 0 Å². The number of carbonyl (C=O) groups excluding carboxylic acids is 2. The molecule has 0 aromatic rings. The lowest BCUT2D eigenvalue weighted by Gasteiger charge is -2.18. The summed E-state index contributed by atoms with van der Waals surface area (Å²) in [6.45, 7) is 4.62. The van der Waals surface area contributed by atoms with Crippen molar-refractivity contribution in [2.45, 2.75) is 32.7 Å². The Morgan fingerprint density at radius 1 is 1.29 bits per heavy atom. The Morgan fingerprint density at radius 3 is 2.76 bits per heavy atom. The number of hydrogen-bond acceptors (Lipinski definition) is 2. The van der Waals surface area contributed by atoms with Crippen LogP contribution in [0.4, 0.5) is 0 Å². The van der Waals surface area contributed by atoms with Crippen molar-refractivity contribution in [3.63, 3.8) is 0 Å². The molecule has 0 bridgehead atoms. The van der Waals surface area contributed by atoms with Crippen LogP contribution in [0.25, 0.3) is 0 Å². The summed E-state index contributed by atoms with van der Waals surface area (Å²) in [6, 6.07) is -0.0962. The average Bonchev–Trinajstić information content (AvgIpc) is 2.26. The quantitative estimate of drug-likeness (QED) is 0.671. The lowest BCUT2D eigenvalue weighted by Crippen LogP contribution is -2.37. The van der Waals surface area contributed by atoms with E-state index in [-0.39, 0.29) is 23.8 Å². The van der Waals surface area contributed by atoms with Crippen molar-refractivity contribution in [2.24, 2.45) is 5.92 Å². The number of carbonyl (C=O) groups is 2. The van der Waals surface area contributed by atoms with Crippen LogP contribution in [0.2, 0.25) is 0 Å². The van der Waals surface area contributed by atoms with Gasteiger partial charge < -0.3 is 10.6 Å². The highest BCUT2D eigenvalue weighted by Crippen LogP contribution is 2.04. The molecule has 4 nitrogen and oxygen atoms in total. The van der Waals surface area contributed by atoms with E-state index in [1.807, 2.05) is 26.0 Å². The molecular formula is C13H20N2O2. The fourth-order valence-electron chi connectivity index (χ4n) is 1.52. The third kappa shape index (κ3) is 5.33. The van der Waals surface area contributed by atoms with Crippen LogP contribution in [0.3, 0.4) is 0 Å². The van der Waals surface area contributed by atoms with E-state index >= 15 is 0 Å². The summed E-state index contributed by atoms with van der Waals surface area (Å²) in [5, 5.41) is 5.68. The van der Waals surface area contributed by atoms with Crippen LogP contribution in [-0.4, -0.2) is 24.4 Å². The first-order chi connectivity index (χ1) is 8.09. The minimum absolute atomic E-state index is 0.00872. The van der Waals surface area contributed by atoms with Gasteiger partial charge in [0, 0.05) is 25.1 Å². The van der Waals surface area contributed by atoms with Gasteiger partial charge in [0.2, 0.25) is 11.8 Å². The standard InChI is InChI=1S/C13H20N2O2/c1-10(2)11-7-8-12(16)14-9-5-3-4-6-13(17)15-11/h3-4,7-8,10-11H,5-6,9H2,1-2H3,(H,14,16)(H,15,17)/b4-3+,8-7+/t11-/m1/s1. The Hall–Kier alpha value is -1.58. The molecule has 4 heteroatoms. The molecule has 0 saturated heterocycles. The fourth-order valence-corrected chi connectivity index (χ4v) is 1.52. The van der Waals surface area contributed by atoms with E-state index < -0.39 is 0 Å². The van der Waals surface area contributed by atoms with Crippen molar-refractivity contribution in [1.82, 2.24) is 10.6 Å². The van der Waals surface area contributed by atoms with Crippen molar-refractivity contribution in [3.05, 3.63) is 24.3 Å². The maximum atomic E-state index is 11.6. The molecule has 0 aromatic carbocycles. The highest BCUT2D eigenvalue weighted by atomic mass is 16.2. The highest BCUT2D eigenvalue weighted by Gasteiger charge is 2.13. The summed E-state index contributed by atoms with van der Waals surface area (Å²) >= 11 is 0.